The predicted molar refractivity (Wildman–Crippen MR) is 92.9 cm³/mol. The van der Waals surface area contributed by atoms with Crippen LogP contribution in [0.4, 0.5) is 5.82 Å². The van der Waals surface area contributed by atoms with E-state index < -0.39 is 0 Å². The van der Waals surface area contributed by atoms with E-state index in [9.17, 15) is 4.79 Å². The molecule has 2 saturated carbocycles. The van der Waals surface area contributed by atoms with Crippen LogP contribution in [0.1, 0.15) is 68.3 Å². The molecule has 130 valence electrons. The van der Waals surface area contributed by atoms with E-state index in [0.717, 1.165) is 69.1 Å². The van der Waals surface area contributed by atoms with Gasteiger partial charge in [-0.1, -0.05) is 0 Å². The summed E-state index contributed by atoms with van der Waals surface area (Å²) >= 11 is 0. The Bertz CT molecular complexity index is 609. The standard InChI is InChI=1S/C18H27N5O/c19-14-9-13(10-14)15-11-16(22-18(21-15)12-4-5-12)20-6-2-8-23-7-1-3-17(23)24/h11-14H,1-10,19H2,(H,20,21,22). The highest BCUT2D eigenvalue weighted by molar-refractivity contribution is 5.78. The molecule has 0 aromatic carbocycles. The molecule has 3 N–H and O–H groups in total. The normalized spacial score (nSPS) is 26.5. The van der Waals surface area contributed by atoms with Crippen LogP contribution in [-0.4, -0.2) is 46.5 Å². The van der Waals surface area contributed by atoms with Gasteiger partial charge in [0.15, 0.2) is 0 Å². The zero-order chi connectivity index (χ0) is 16.5. The summed E-state index contributed by atoms with van der Waals surface area (Å²) in [6, 6.07) is 2.44. The molecule has 2 heterocycles. The van der Waals surface area contributed by atoms with Gasteiger partial charge in [-0.05, 0) is 38.5 Å². The lowest BCUT2D eigenvalue weighted by atomic mass is 9.78. The molecular weight excluding hydrogens is 302 g/mol. The second-order valence-corrected chi connectivity index (χ2v) is 7.50. The molecule has 3 fully saturated rings. The first-order valence-electron chi connectivity index (χ1n) is 9.35. The van der Waals surface area contributed by atoms with E-state index in [4.69, 9.17) is 15.7 Å². The van der Waals surface area contributed by atoms with Crippen LogP contribution in [0.25, 0.3) is 0 Å². The highest BCUT2D eigenvalue weighted by Crippen LogP contribution is 2.41. The first-order valence-corrected chi connectivity index (χ1v) is 9.35. The van der Waals surface area contributed by atoms with Crippen molar-refractivity contribution in [3.63, 3.8) is 0 Å². The van der Waals surface area contributed by atoms with Crippen LogP contribution >= 0.6 is 0 Å². The number of rotatable bonds is 7. The van der Waals surface area contributed by atoms with Crippen molar-refractivity contribution in [2.45, 2.75) is 62.8 Å². The maximum atomic E-state index is 11.6. The fraction of sp³-hybridized carbons (Fsp3) is 0.722. The second-order valence-electron chi connectivity index (χ2n) is 7.50. The summed E-state index contributed by atoms with van der Waals surface area (Å²) in [5.74, 6) is 3.31. The number of hydrogen-bond donors (Lipinski definition) is 2. The molecule has 6 heteroatoms. The SMILES string of the molecule is NC1CC(c2cc(NCCCN3CCCC3=O)nc(C3CC3)n2)C1. The van der Waals surface area contributed by atoms with E-state index in [-0.39, 0.29) is 0 Å². The van der Waals surface area contributed by atoms with Gasteiger partial charge < -0.3 is 16.0 Å². The number of hydrogen-bond acceptors (Lipinski definition) is 5. The zero-order valence-corrected chi connectivity index (χ0v) is 14.2. The lowest BCUT2D eigenvalue weighted by Gasteiger charge is -2.32. The number of likely N-dealkylation sites (tertiary alicyclic amines) is 1. The Morgan fingerprint density at radius 2 is 2.08 bits per heavy atom. The summed E-state index contributed by atoms with van der Waals surface area (Å²) < 4.78 is 0. The Morgan fingerprint density at radius 3 is 2.75 bits per heavy atom. The van der Waals surface area contributed by atoms with Gasteiger partial charge >= 0.3 is 0 Å². The molecule has 1 saturated heterocycles. The van der Waals surface area contributed by atoms with Gasteiger partial charge in [0.1, 0.15) is 11.6 Å². The van der Waals surface area contributed by atoms with Crippen molar-refractivity contribution in [2.24, 2.45) is 5.73 Å². The van der Waals surface area contributed by atoms with Crippen LogP contribution in [0.3, 0.4) is 0 Å². The summed E-state index contributed by atoms with van der Waals surface area (Å²) in [6.07, 6.45) is 7.19. The minimum Gasteiger partial charge on any atom is -0.370 e. The minimum atomic E-state index is 0.302. The van der Waals surface area contributed by atoms with Crippen LogP contribution in [0, 0.1) is 0 Å². The molecule has 24 heavy (non-hydrogen) atoms. The van der Waals surface area contributed by atoms with Crippen molar-refractivity contribution in [1.82, 2.24) is 14.9 Å². The third-order valence-corrected chi connectivity index (χ3v) is 5.38. The van der Waals surface area contributed by atoms with E-state index in [1.165, 1.54) is 12.8 Å². The summed E-state index contributed by atoms with van der Waals surface area (Å²) in [5.41, 5.74) is 7.09. The van der Waals surface area contributed by atoms with E-state index >= 15 is 0 Å². The van der Waals surface area contributed by atoms with Gasteiger partial charge in [-0.3, -0.25) is 4.79 Å². The molecule has 1 aromatic rings. The molecule has 0 radical (unpaired) electrons. The molecule has 3 aliphatic rings. The van der Waals surface area contributed by atoms with Crippen molar-refractivity contribution >= 4 is 11.7 Å². The third kappa shape index (κ3) is 3.53. The van der Waals surface area contributed by atoms with Crippen molar-refractivity contribution in [1.29, 1.82) is 0 Å². The smallest absolute Gasteiger partial charge is 0.222 e. The third-order valence-electron chi connectivity index (χ3n) is 5.38. The lowest BCUT2D eigenvalue weighted by Crippen LogP contribution is -2.35. The number of carbonyl (C=O) groups excluding carboxylic acids is 1. The Hall–Kier alpha value is -1.69. The van der Waals surface area contributed by atoms with E-state index in [2.05, 4.69) is 11.4 Å². The van der Waals surface area contributed by atoms with Gasteiger partial charge in [0.05, 0.1) is 0 Å². The fourth-order valence-electron chi connectivity index (χ4n) is 3.64. The number of aromatic nitrogens is 2. The minimum absolute atomic E-state index is 0.302. The van der Waals surface area contributed by atoms with Crippen molar-refractivity contribution < 1.29 is 4.79 Å². The quantitative estimate of drug-likeness (QED) is 0.747. The average Bonchev–Trinajstić information content (AvgIpc) is 3.32. The van der Waals surface area contributed by atoms with Gasteiger partial charge in [0, 0.05) is 55.7 Å². The number of nitrogens with one attached hydrogen (secondary N) is 1. The Labute approximate surface area is 143 Å². The molecule has 0 spiro atoms. The van der Waals surface area contributed by atoms with Gasteiger partial charge in [0.25, 0.3) is 0 Å². The number of nitrogens with two attached hydrogens (primary N) is 1. The van der Waals surface area contributed by atoms with Crippen LogP contribution in [0.5, 0.6) is 0 Å². The highest BCUT2D eigenvalue weighted by Gasteiger charge is 2.32. The van der Waals surface area contributed by atoms with Gasteiger partial charge in [-0.25, -0.2) is 9.97 Å². The first kappa shape index (κ1) is 15.8. The largest absolute Gasteiger partial charge is 0.370 e. The molecule has 1 aliphatic heterocycles. The molecule has 0 unspecified atom stereocenters. The highest BCUT2D eigenvalue weighted by atomic mass is 16.2. The van der Waals surface area contributed by atoms with Gasteiger partial charge in [0.2, 0.25) is 5.91 Å². The summed E-state index contributed by atoms with van der Waals surface area (Å²) in [7, 11) is 0. The average molecular weight is 329 g/mol. The van der Waals surface area contributed by atoms with Crippen LogP contribution in [0.2, 0.25) is 0 Å². The number of amides is 1. The Kier molecular flexibility index (Phi) is 4.39. The van der Waals surface area contributed by atoms with Crippen molar-refractivity contribution in [3.8, 4) is 0 Å². The van der Waals surface area contributed by atoms with E-state index in [1.54, 1.807) is 0 Å². The summed E-state index contributed by atoms with van der Waals surface area (Å²) in [4.78, 5) is 23.1. The lowest BCUT2D eigenvalue weighted by molar-refractivity contribution is -0.127. The van der Waals surface area contributed by atoms with E-state index in [0.29, 0.717) is 23.8 Å². The topological polar surface area (TPSA) is 84.1 Å². The van der Waals surface area contributed by atoms with Crippen LogP contribution in [0.15, 0.2) is 6.07 Å². The zero-order valence-electron chi connectivity index (χ0n) is 14.2. The van der Waals surface area contributed by atoms with Crippen LogP contribution < -0.4 is 11.1 Å². The van der Waals surface area contributed by atoms with Gasteiger partial charge in [-0.2, -0.15) is 0 Å². The molecular formula is C18H27N5O. The van der Waals surface area contributed by atoms with Crippen molar-refractivity contribution in [2.75, 3.05) is 25.0 Å². The molecule has 1 amide bonds. The molecule has 0 atom stereocenters. The summed E-state index contributed by atoms with van der Waals surface area (Å²) in [5, 5.41) is 3.44. The van der Waals surface area contributed by atoms with Crippen molar-refractivity contribution in [3.05, 3.63) is 17.6 Å². The molecule has 1 aromatic heterocycles. The number of nitrogens with zero attached hydrogens (tertiary/aromatic N) is 3. The molecule has 6 nitrogen and oxygen atoms in total. The van der Waals surface area contributed by atoms with Crippen LogP contribution in [-0.2, 0) is 4.79 Å². The number of carbonyl (C=O) groups is 1. The Morgan fingerprint density at radius 1 is 1.25 bits per heavy atom. The molecule has 0 bridgehead atoms. The second kappa shape index (κ2) is 6.67. The fourth-order valence-corrected chi connectivity index (χ4v) is 3.64. The molecule has 2 aliphatic carbocycles. The maximum absolute atomic E-state index is 11.6. The monoisotopic (exact) mass is 329 g/mol. The summed E-state index contributed by atoms with van der Waals surface area (Å²) in [6.45, 7) is 2.61. The molecule has 4 rings (SSSR count). The Balaban J connectivity index is 1.34. The first-order chi connectivity index (χ1) is 11.7. The maximum Gasteiger partial charge on any atom is 0.222 e. The number of anilines is 1. The van der Waals surface area contributed by atoms with E-state index in [1.807, 2.05) is 4.90 Å². The predicted octanol–water partition coefficient (Wildman–Crippen LogP) is 1.98. The van der Waals surface area contributed by atoms with Gasteiger partial charge in [-0.15, -0.1) is 0 Å².